The first-order chi connectivity index (χ1) is 6.36. The summed E-state index contributed by atoms with van der Waals surface area (Å²) in [5.41, 5.74) is 1.17. The van der Waals surface area contributed by atoms with E-state index >= 15 is 0 Å². The van der Waals surface area contributed by atoms with Crippen LogP contribution in [0.2, 0.25) is 0 Å². The summed E-state index contributed by atoms with van der Waals surface area (Å²) < 4.78 is 0. The quantitative estimate of drug-likeness (QED) is 0.695. The SMILES string of the molecule is C#CC(Cc1cccnc1)NCC. The molecule has 0 amide bonds. The molecular formula is C11H14N2. The number of nitrogens with zero attached hydrogens (tertiary/aromatic N) is 1. The molecule has 1 heterocycles. The van der Waals surface area contributed by atoms with Crippen LogP contribution < -0.4 is 5.32 Å². The van der Waals surface area contributed by atoms with Gasteiger partial charge in [0.2, 0.25) is 0 Å². The highest BCUT2D eigenvalue weighted by molar-refractivity contribution is 5.14. The molecule has 1 aromatic heterocycles. The highest BCUT2D eigenvalue weighted by Gasteiger charge is 2.03. The van der Waals surface area contributed by atoms with Gasteiger partial charge in [-0.15, -0.1) is 6.42 Å². The molecule has 1 N–H and O–H groups in total. The van der Waals surface area contributed by atoms with Crippen LogP contribution in [0.1, 0.15) is 12.5 Å². The molecule has 0 aliphatic heterocycles. The maximum Gasteiger partial charge on any atom is 0.0728 e. The second-order valence-electron chi connectivity index (χ2n) is 2.84. The fourth-order valence-corrected chi connectivity index (χ4v) is 1.19. The standard InChI is InChI=1S/C11H14N2/c1-3-11(13-4-2)8-10-6-5-7-12-9-10/h1,5-7,9,11,13H,4,8H2,2H3. The van der Waals surface area contributed by atoms with Crippen LogP contribution in [-0.2, 0) is 6.42 Å². The van der Waals surface area contributed by atoms with Gasteiger partial charge < -0.3 is 5.32 Å². The number of pyridine rings is 1. The van der Waals surface area contributed by atoms with Crippen LogP contribution in [0.3, 0.4) is 0 Å². The van der Waals surface area contributed by atoms with Crippen LogP contribution in [0.25, 0.3) is 0 Å². The molecule has 0 aliphatic rings. The fourth-order valence-electron chi connectivity index (χ4n) is 1.19. The lowest BCUT2D eigenvalue weighted by molar-refractivity contribution is 0.627. The van der Waals surface area contributed by atoms with Crippen LogP contribution in [0.15, 0.2) is 24.5 Å². The molecule has 0 spiro atoms. The van der Waals surface area contributed by atoms with Gasteiger partial charge in [0.15, 0.2) is 0 Å². The molecule has 0 aliphatic carbocycles. The second-order valence-corrected chi connectivity index (χ2v) is 2.84. The summed E-state index contributed by atoms with van der Waals surface area (Å²) in [6, 6.07) is 4.08. The molecule has 1 aromatic rings. The maximum atomic E-state index is 5.37. The van der Waals surface area contributed by atoms with Gasteiger partial charge in [0, 0.05) is 18.8 Å². The minimum absolute atomic E-state index is 0.120. The molecular weight excluding hydrogens is 160 g/mol. The molecule has 1 unspecified atom stereocenters. The van der Waals surface area contributed by atoms with E-state index in [0.29, 0.717) is 0 Å². The van der Waals surface area contributed by atoms with E-state index in [-0.39, 0.29) is 6.04 Å². The molecule has 0 bridgehead atoms. The Morgan fingerprint density at radius 3 is 3.08 bits per heavy atom. The van der Waals surface area contributed by atoms with Crippen molar-refractivity contribution < 1.29 is 0 Å². The van der Waals surface area contributed by atoms with Gasteiger partial charge in [-0.25, -0.2) is 0 Å². The van der Waals surface area contributed by atoms with Crippen molar-refractivity contribution in [1.29, 1.82) is 0 Å². The van der Waals surface area contributed by atoms with Crippen molar-refractivity contribution in [1.82, 2.24) is 10.3 Å². The molecule has 68 valence electrons. The molecule has 1 atom stereocenters. The fraction of sp³-hybridized carbons (Fsp3) is 0.364. The van der Waals surface area contributed by atoms with Gasteiger partial charge in [0.1, 0.15) is 0 Å². The molecule has 0 saturated heterocycles. The Bertz CT molecular complexity index is 274. The normalized spacial score (nSPS) is 12.0. The third-order valence-electron chi connectivity index (χ3n) is 1.81. The van der Waals surface area contributed by atoms with Crippen LogP contribution in [-0.4, -0.2) is 17.6 Å². The van der Waals surface area contributed by atoms with Crippen molar-refractivity contribution in [3.8, 4) is 12.3 Å². The average molecular weight is 174 g/mol. The summed E-state index contributed by atoms with van der Waals surface area (Å²) in [6.45, 7) is 2.95. The summed E-state index contributed by atoms with van der Waals surface area (Å²) in [7, 11) is 0. The number of nitrogens with one attached hydrogen (secondary N) is 1. The van der Waals surface area contributed by atoms with E-state index in [9.17, 15) is 0 Å². The van der Waals surface area contributed by atoms with Gasteiger partial charge in [0.05, 0.1) is 6.04 Å². The minimum atomic E-state index is 0.120. The Kier molecular flexibility index (Phi) is 4.01. The van der Waals surface area contributed by atoms with E-state index in [2.05, 4.69) is 16.2 Å². The Labute approximate surface area is 79.4 Å². The summed E-state index contributed by atoms with van der Waals surface area (Å²) in [6.07, 6.45) is 9.83. The zero-order valence-corrected chi connectivity index (χ0v) is 7.83. The van der Waals surface area contributed by atoms with Gasteiger partial charge >= 0.3 is 0 Å². The van der Waals surface area contributed by atoms with E-state index in [1.165, 1.54) is 5.56 Å². The minimum Gasteiger partial charge on any atom is -0.304 e. The van der Waals surface area contributed by atoms with E-state index in [0.717, 1.165) is 13.0 Å². The van der Waals surface area contributed by atoms with E-state index < -0.39 is 0 Å². The molecule has 0 saturated carbocycles. The molecule has 0 fully saturated rings. The molecule has 2 heteroatoms. The predicted molar refractivity (Wildman–Crippen MR) is 54.2 cm³/mol. The van der Waals surface area contributed by atoms with Crippen LogP contribution in [0, 0.1) is 12.3 Å². The van der Waals surface area contributed by atoms with E-state index in [4.69, 9.17) is 6.42 Å². The summed E-state index contributed by atoms with van der Waals surface area (Å²) in [5.74, 6) is 2.71. The van der Waals surface area contributed by atoms with Gasteiger partial charge in [-0.05, 0) is 18.2 Å². The second kappa shape index (κ2) is 5.34. The number of rotatable bonds is 4. The van der Waals surface area contributed by atoms with Crippen LogP contribution in [0.5, 0.6) is 0 Å². The number of hydrogen-bond acceptors (Lipinski definition) is 2. The monoisotopic (exact) mass is 174 g/mol. The maximum absolute atomic E-state index is 5.37. The van der Waals surface area contributed by atoms with Gasteiger partial charge in [-0.1, -0.05) is 18.9 Å². The van der Waals surface area contributed by atoms with Crippen molar-refractivity contribution in [2.75, 3.05) is 6.54 Å². The lowest BCUT2D eigenvalue weighted by Crippen LogP contribution is -2.29. The van der Waals surface area contributed by atoms with Crippen LogP contribution >= 0.6 is 0 Å². The first-order valence-electron chi connectivity index (χ1n) is 4.45. The van der Waals surface area contributed by atoms with Crippen molar-refractivity contribution in [3.05, 3.63) is 30.1 Å². The smallest absolute Gasteiger partial charge is 0.0728 e. The molecule has 0 radical (unpaired) electrons. The van der Waals surface area contributed by atoms with E-state index in [1.54, 1.807) is 6.20 Å². The van der Waals surface area contributed by atoms with E-state index in [1.807, 2.05) is 25.3 Å². The highest BCUT2D eigenvalue weighted by Crippen LogP contribution is 2.00. The lowest BCUT2D eigenvalue weighted by Gasteiger charge is -2.10. The van der Waals surface area contributed by atoms with Crippen molar-refractivity contribution >= 4 is 0 Å². The highest BCUT2D eigenvalue weighted by atomic mass is 14.9. The summed E-state index contributed by atoms with van der Waals surface area (Å²) in [4.78, 5) is 4.04. The lowest BCUT2D eigenvalue weighted by atomic mass is 10.1. The first kappa shape index (κ1) is 9.76. The zero-order valence-electron chi connectivity index (χ0n) is 7.83. The average Bonchev–Trinajstić information content (AvgIpc) is 2.19. The summed E-state index contributed by atoms with van der Waals surface area (Å²) in [5, 5.41) is 3.22. The Balaban J connectivity index is 2.53. The van der Waals surface area contributed by atoms with Crippen molar-refractivity contribution in [2.24, 2.45) is 0 Å². The van der Waals surface area contributed by atoms with Gasteiger partial charge in [-0.3, -0.25) is 4.98 Å². The third-order valence-corrected chi connectivity index (χ3v) is 1.81. The Morgan fingerprint density at radius 2 is 2.54 bits per heavy atom. The van der Waals surface area contributed by atoms with Crippen molar-refractivity contribution in [3.63, 3.8) is 0 Å². The number of terminal acetylenes is 1. The van der Waals surface area contributed by atoms with Crippen LogP contribution in [0.4, 0.5) is 0 Å². The Morgan fingerprint density at radius 1 is 1.69 bits per heavy atom. The van der Waals surface area contributed by atoms with Gasteiger partial charge in [-0.2, -0.15) is 0 Å². The topological polar surface area (TPSA) is 24.9 Å². The molecule has 2 nitrogen and oxygen atoms in total. The molecule has 0 aromatic carbocycles. The number of likely N-dealkylation sites (N-methyl/N-ethyl adjacent to an activating group) is 1. The van der Waals surface area contributed by atoms with Crippen molar-refractivity contribution in [2.45, 2.75) is 19.4 Å². The number of aromatic nitrogens is 1. The zero-order chi connectivity index (χ0) is 9.52. The van der Waals surface area contributed by atoms with Gasteiger partial charge in [0.25, 0.3) is 0 Å². The largest absolute Gasteiger partial charge is 0.304 e. The predicted octanol–water partition coefficient (Wildman–Crippen LogP) is 1.24. The third kappa shape index (κ3) is 3.27. The molecule has 1 rings (SSSR count). The Hall–Kier alpha value is -1.33. The first-order valence-corrected chi connectivity index (χ1v) is 4.45. The number of hydrogen-bond donors (Lipinski definition) is 1. The summed E-state index contributed by atoms with van der Waals surface area (Å²) >= 11 is 0. The molecule has 13 heavy (non-hydrogen) atoms.